The third kappa shape index (κ3) is 2.97. The molecule has 0 spiro atoms. The van der Waals surface area contributed by atoms with Gasteiger partial charge >= 0.3 is 0 Å². The quantitative estimate of drug-likeness (QED) is 0.662. The molecule has 1 saturated carbocycles. The molecule has 0 amide bonds. The largest absolute Gasteiger partial charge is 0.358 e. The predicted octanol–water partition coefficient (Wildman–Crippen LogP) is 5.60. The van der Waals surface area contributed by atoms with Crippen LogP contribution in [0.1, 0.15) is 48.9 Å². The first-order chi connectivity index (χ1) is 12.7. The summed E-state index contributed by atoms with van der Waals surface area (Å²) in [6, 6.07) is 5.43. The van der Waals surface area contributed by atoms with Gasteiger partial charge in [-0.3, -0.25) is 4.90 Å². The number of fused-ring (bicyclic) bond motifs is 2. The lowest BCUT2D eigenvalue weighted by Gasteiger charge is -2.47. The van der Waals surface area contributed by atoms with E-state index in [1.54, 1.807) is 16.5 Å². The van der Waals surface area contributed by atoms with E-state index in [1.807, 2.05) is 11.8 Å². The molecule has 2 fully saturated rings. The third-order valence-electron chi connectivity index (χ3n) is 6.86. The maximum absolute atomic E-state index is 3.79. The Bertz CT molecular complexity index is 825. The maximum atomic E-state index is 3.79. The van der Waals surface area contributed by atoms with E-state index in [0.29, 0.717) is 12.0 Å². The molecule has 1 N–H and O–H groups in total. The van der Waals surface area contributed by atoms with Crippen LogP contribution in [0.15, 0.2) is 16.6 Å². The number of rotatable bonds is 5. The van der Waals surface area contributed by atoms with Crippen LogP contribution in [0, 0.1) is 11.8 Å². The summed E-state index contributed by atoms with van der Waals surface area (Å²) in [6.45, 7) is 4.95. The van der Waals surface area contributed by atoms with Crippen molar-refractivity contribution in [3.05, 3.63) is 33.4 Å². The Morgan fingerprint density at radius 1 is 1.27 bits per heavy atom. The summed E-state index contributed by atoms with van der Waals surface area (Å²) in [5.74, 6) is 3.82. The van der Waals surface area contributed by atoms with Gasteiger partial charge in [0.15, 0.2) is 0 Å². The van der Waals surface area contributed by atoms with Gasteiger partial charge in [-0.1, -0.05) is 22.9 Å². The highest BCUT2D eigenvalue weighted by Gasteiger charge is 2.42. The summed E-state index contributed by atoms with van der Waals surface area (Å²) in [6.07, 6.45) is 8.91. The predicted molar refractivity (Wildman–Crippen MR) is 116 cm³/mol. The molecule has 0 bridgehead atoms. The summed E-state index contributed by atoms with van der Waals surface area (Å²) in [4.78, 5) is 6.65. The first-order valence-electron chi connectivity index (χ1n) is 10.2. The molecular formula is C22H29BrN2S. The lowest BCUT2D eigenvalue weighted by atomic mass is 9.72. The third-order valence-corrected chi connectivity index (χ3v) is 8.12. The zero-order valence-corrected chi connectivity index (χ0v) is 18.3. The van der Waals surface area contributed by atoms with Crippen molar-refractivity contribution in [3.63, 3.8) is 0 Å². The normalized spacial score (nSPS) is 28.5. The first-order valence-corrected chi connectivity index (χ1v) is 12.4. The van der Waals surface area contributed by atoms with Crippen molar-refractivity contribution in [2.24, 2.45) is 11.8 Å². The van der Waals surface area contributed by atoms with E-state index < -0.39 is 0 Å². The average molecular weight is 433 g/mol. The number of aromatic amines is 1. The average Bonchev–Trinajstić information content (AvgIpc) is 3.36. The van der Waals surface area contributed by atoms with E-state index in [0.717, 1.165) is 18.3 Å². The number of H-pyrrole nitrogens is 1. The van der Waals surface area contributed by atoms with E-state index in [2.05, 4.69) is 51.1 Å². The Balaban J connectivity index is 1.60. The van der Waals surface area contributed by atoms with Crippen molar-refractivity contribution in [1.29, 1.82) is 0 Å². The Kier molecular flexibility index (Phi) is 4.65. The molecule has 5 rings (SSSR count). The van der Waals surface area contributed by atoms with Crippen LogP contribution < -0.4 is 0 Å². The SMILES string of the molecule is CCc1[nH]c2cc(Br)cc3c2c1C[C@@H]1[C@@H]3C[C@@H](CSC)CN1CC1CC1. The molecule has 2 heterocycles. The van der Waals surface area contributed by atoms with Crippen molar-refractivity contribution in [3.8, 4) is 0 Å². The van der Waals surface area contributed by atoms with Crippen LogP contribution in [0.4, 0.5) is 0 Å². The molecule has 1 aromatic heterocycles. The molecule has 2 nitrogen and oxygen atoms in total. The minimum atomic E-state index is 0.702. The van der Waals surface area contributed by atoms with E-state index in [9.17, 15) is 0 Å². The second kappa shape index (κ2) is 6.86. The zero-order chi connectivity index (χ0) is 17.8. The molecule has 1 aliphatic heterocycles. The Labute approximate surface area is 169 Å². The smallest absolute Gasteiger partial charge is 0.0473 e. The molecule has 1 aromatic carbocycles. The number of nitrogens with one attached hydrogen (secondary N) is 1. The number of likely N-dealkylation sites (tertiary alicyclic amines) is 1. The van der Waals surface area contributed by atoms with Gasteiger partial charge in [0.05, 0.1) is 0 Å². The van der Waals surface area contributed by atoms with Gasteiger partial charge in [-0.15, -0.1) is 0 Å². The van der Waals surface area contributed by atoms with Gasteiger partial charge in [0, 0.05) is 46.1 Å². The maximum Gasteiger partial charge on any atom is 0.0473 e. The number of hydrogen-bond donors (Lipinski definition) is 1. The number of hydrogen-bond acceptors (Lipinski definition) is 2. The molecule has 0 radical (unpaired) electrons. The second-order valence-electron chi connectivity index (χ2n) is 8.69. The van der Waals surface area contributed by atoms with Gasteiger partial charge < -0.3 is 4.98 Å². The number of nitrogens with zero attached hydrogens (tertiary/aromatic N) is 1. The van der Waals surface area contributed by atoms with Crippen molar-refractivity contribution < 1.29 is 0 Å². The van der Waals surface area contributed by atoms with Crippen molar-refractivity contribution in [1.82, 2.24) is 9.88 Å². The Morgan fingerprint density at radius 2 is 2.12 bits per heavy atom. The molecule has 140 valence electrons. The van der Waals surface area contributed by atoms with Crippen LogP contribution in [0.25, 0.3) is 10.9 Å². The van der Waals surface area contributed by atoms with E-state index in [4.69, 9.17) is 0 Å². The molecule has 3 aliphatic rings. The Morgan fingerprint density at radius 3 is 2.85 bits per heavy atom. The van der Waals surface area contributed by atoms with E-state index in [1.165, 1.54) is 60.2 Å². The van der Waals surface area contributed by atoms with Gasteiger partial charge in [0.1, 0.15) is 0 Å². The minimum absolute atomic E-state index is 0.702. The number of aromatic nitrogens is 1. The number of benzene rings is 1. The molecule has 1 saturated heterocycles. The fourth-order valence-electron chi connectivity index (χ4n) is 5.60. The van der Waals surface area contributed by atoms with Crippen LogP contribution in [0.5, 0.6) is 0 Å². The van der Waals surface area contributed by atoms with Gasteiger partial charge in [-0.05, 0) is 79.2 Å². The van der Waals surface area contributed by atoms with Crippen molar-refractivity contribution >= 4 is 38.6 Å². The second-order valence-corrected chi connectivity index (χ2v) is 10.5. The zero-order valence-electron chi connectivity index (χ0n) is 15.9. The fraction of sp³-hybridized carbons (Fsp3) is 0.636. The van der Waals surface area contributed by atoms with Crippen molar-refractivity contribution in [2.45, 2.75) is 51.0 Å². The molecule has 0 unspecified atom stereocenters. The first kappa shape index (κ1) is 17.6. The molecule has 2 aliphatic carbocycles. The molecule has 3 atom stereocenters. The van der Waals surface area contributed by atoms with E-state index >= 15 is 0 Å². The fourth-order valence-corrected chi connectivity index (χ4v) is 6.79. The highest BCUT2D eigenvalue weighted by molar-refractivity contribution is 9.10. The lowest BCUT2D eigenvalue weighted by molar-refractivity contribution is 0.0876. The minimum Gasteiger partial charge on any atom is -0.358 e. The number of thioether (sulfide) groups is 1. The molecule has 26 heavy (non-hydrogen) atoms. The highest BCUT2D eigenvalue weighted by Crippen LogP contribution is 2.48. The summed E-state index contributed by atoms with van der Waals surface area (Å²) < 4.78 is 1.23. The molecular weight excluding hydrogens is 404 g/mol. The van der Waals surface area contributed by atoms with Crippen LogP contribution >= 0.6 is 27.7 Å². The standard InChI is InChI=1S/C22H29BrN2S/c1-3-19-18-9-21-16(17-7-15(23)8-20(24-19)22(17)18)6-14(12-26-2)11-25(21)10-13-4-5-13/h7-8,13-14,16,21,24H,3-6,9-12H2,1-2H3/t14-,16-,21-/m1/s1. The summed E-state index contributed by atoms with van der Waals surface area (Å²) in [5, 5.41) is 1.56. The summed E-state index contributed by atoms with van der Waals surface area (Å²) >= 11 is 5.83. The monoisotopic (exact) mass is 432 g/mol. The number of halogens is 1. The topological polar surface area (TPSA) is 19.0 Å². The van der Waals surface area contributed by atoms with Gasteiger partial charge in [-0.25, -0.2) is 0 Å². The van der Waals surface area contributed by atoms with E-state index in [-0.39, 0.29) is 0 Å². The van der Waals surface area contributed by atoms with Gasteiger partial charge in [0.25, 0.3) is 0 Å². The number of aryl methyl sites for hydroxylation is 1. The number of piperidine rings is 1. The highest BCUT2D eigenvalue weighted by atomic mass is 79.9. The van der Waals surface area contributed by atoms with Crippen LogP contribution in [-0.4, -0.2) is 41.0 Å². The Hall–Kier alpha value is -0.450. The summed E-state index contributed by atoms with van der Waals surface area (Å²) in [5.41, 5.74) is 6.05. The molecule has 2 aromatic rings. The van der Waals surface area contributed by atoms with Gasteiger partial charge in [0.2, 0.25) is 0 Å². The lowest BCUT2D eigenvalue weighted by Crippen LogP contribution is -2.51. The summed E-state index contributed by atoms with van der Waals surface area (Å²) in [7, 11) is 0. The van der Waals surface area contributed by atoms with Crippen LogP contribution in [-0.2, 0) is 12.8 Å². The van der Waals surface area contributed by atoms with Crippen LogP contribution in [0.3, 0.4) is 0 Å². The van der Waals surface area contributed by atoms with Crippen molar-refractivity contribution in [2.75, 3.05) is 25.1 Å². The molecule has 4 heteroatoms. The van der Waals surface area contributed by atoms with Gasteiger partial charge in [-0.2, -0.15) is 11.8 Å². The van der Waals surface area contributed by atoms with Crippen LogP contribution in [0.2, 0.25) is 0 Å².